The molecule has 0 aliphatic rings. The highest BCUT2D eigenvalue weighted by atomic mass is 16.6. The number of aromatic nitrogens is 2. The molecular formula is C9H9N3O2. The largest absolute Gasteiger partial charge is 0.334 e. The summed E-state index contributed by atoms with van der Waals surface area (Å²) in [6, 6.07) is 5.35. The van der Waals surface area contributed by atoms with Crippen LogP contribution in [0.1, 0.15) is 5.56 Å². The molecule has 2 aromatic rings. The Balaban J connectivity index is 2.46. The van der Waals surface area contributed by atoms with Crippen LogP contribution in [0.3, 0.4) is 0 Å². The zero-order chi connectivity index (χ0) is 10.1. The van der Waals surface area contributed by atoms with Crippen molar-refractivity contribution in [3.8, 4) is 0 Å². The summed E-state index contributed by atoms with van der Waals surface area (Å²) in [5.74, 6) is 0. The summed E-state index contributed by atoms with van der Waals surface area (Å²) in [5.41, 5.74) is 2.46. The van der Waals surface area contributed by atoms with Crippen LogP contribution in [-0.2, 0) is 13.6 Å². The minimum atomic E-state index is -0.343. The lowest BCUT2D eigenvalue weighted by atomic mass is 10.2. The van der Waals surface area contributed by atoms with E-state index < -0.39 is 0 Å². The van der Waals surface area contributed by atoms with E-state index in [-0.39, 0.29) is 11.5 Å². The molecule has 0 fully saturated rings. The third kappa shape index (κ3) is 1.44. The van der Waals surface area contributed by atoms with Crippen LogP contribution in [0.4, 0.5) is 0 Å². The Morgan fingerprint density at radius 2 is 2.36 bits per heavy atom. The summed E-state index contributed by atoms with van der Waals surface area (Å²) in [7, 11) is 1.89. The first-order valence-corrected chi connectivity index (χ1v) is 4.18. The van der Waals surface area contributed by atoms with Crippen molar-refractivity contribution in [2.24, 2.45) is 7.05 Å². The fourth-order valence-corrected chi connectivity index (χ4v) is 1.43. The molecule has 0 aliphatic carbocycles. The number of hydrogen-bond acceptors (Lipinski definition) is 3. The lowest BCUT2D eigenvalue weighted by molar-refractivity contribution is -0.496. The van der Waals surface area contributed by atoms with Crippen molar-refractivity contribution >= 4 is 11.0 Å². The van der Waals surface area contributed by atoms with Gasteiger partial charge >= 0.3 is 0 Å². The standard InChI is InChI=1S/C9H9N3O2/c1-11-6-10-8-4-7(5-12(13)14)2-3-9(8)11/h2-4,6H,5H2,1H3. The van der Waals surface area contributed by atoms with Crippen molar-refractivity contribution < 1.29 is 4.92 Å². The molecule has 1 aromatic heterocycles. The van der Waals surface area contributed by atoms with E-state index in [1.807, 2.05) is 17.7 Å². The number of rotatable bonds is 2. The molecule has 0 saturated carbocycles. The Labute approximate surface area is 80.1 Å². The van der Waals surface area contributed by atoms with Gasteiger partial charge in [0.15, 0.2) is 0 Å². The van der Waals surface area contributed by atoms with E-state index >= 15 is 0 Å². The number of fused-ring (bicyclic) bond motifs is 1. The SMILES string of the molecule is Cn1cnc2cc(C[N+](=O)[O-])ccc21. The second-order valence-corrected chi connectivity index (χ2v) is 3.17. The van der Waals surface area contributed by atoms with Gasteiger partial charge in [0.05, 0.1) is 17.4 Å². The van der Waals surface area contributed by atoms with Gasteiger partial charge in [0.2, 0.25) is 6.54 Å². The molecule has 0 amide bonds. The van der Waals surface area contributed by atoms with Crippen LogP contribution in [0.15, 0.2) is 24.5 Å². The Bertz CT molecular complexity index is 490. The van der Waals surface area contributed by atoms with Crippen molar-refractivity contribution in [3.05, 3.63) is 40.2 Å². The van der Waals surface area contributed by atoms with E-state index in [1.54, 1.807) is 18.5 Å². The molecule has 2 rings (SSSR count). The topological polar surface area (TPSA) is 61.0 Å². The molecular weight excluding hydrogens is 182 g/mol. The van der Waals surface area contributed by atoms with Gasteiger partial charge in [-0.2, -0.15) is 0 Å². The average molecular weight is 191 g/mol. The van der Waals surface area contributed by atoms with Crippen molar-refractivity contribution in [2.75, 3.05) is 0 Å². The van der Waals surface area contributed by atoms with E-state index in [9.17, 15) is 10.1 Å². The third-order valence-corrected chi connectivity index (χ3v) is 2.10. The maximum Gasteiger partial charge on any atom is 0.229 e. The maximum atomic E-state index is 10.3. The first-order chi connectivity index (χ1) is 6.66. The fraction of sp³-hybridized carbons (Fsp3) is 0.222. The number of hydrogen-bond donors (Lipinski definition) is 0. The van der Waals surface area contributed by atoms with E-state index in [0.717, 1.165) is 11.0 Å². The molecule has 0 unspecified atom stereocenters. The van der Waals surface area contributed by atoms with Crippen LogP contribution in [0.25, 0.3) is 11.0 Å². The van der Waals surface area contributed by atoms with Crippen LogP contribution in [0.5, 0.6) is 0 Å². The van der Waals surface area contributed by atoms with E-state index in [2.05, 4.69) is 4.98 Å². The predicted molar refractivity (Wildman–Crippen MR) is 51.4 cm³/mol. The molecule has 0 N–H and O–H groups in total. The smallest absolute Gasteiger partial charge is 0.229 e. The van der Waals surface area contributed by atoms with Crippen LogP contribution in [0.2, 0.25) is 0 Å². The van der Waals surface area contributed by atoms with Gasteiger partial charge in [-0.25, -0.2) is 4.98 Å². The van der Waals surface area contributed by atoms with E-state index in [0.29, 0.717) is 5.56 Å². The van der Waals surface area contributed by atoms with Gasteiger partial charge in [-0.05, 0) is 12.1 Å². The Kier molecular flexibility index (Phi) is 1.92. The van der Waals surface area contributed by atoms with Crippen LogP contribution in [-0.4, -0.2) is 14.5 Å². The average Bonchev–Trinajstić information content (AvgIpc) is 2.46. The third-order valence-electron chi connectivity index (χ3n) is 2.10. The quantitative estimate of drug-likeness (QED) is 0.531. The first kappa shape index (κ1) is 8.68. The highest BCUT2D eigenvalue weighted by Crippen LogP contribution is 2.14. The van der Waals surface area contributed by atoms with Gasteiger partial charge in [0, 0.05) is 17.5 Å². The molecule has 5 heteroatoms. The molecule has 1 heterocycles. The molecule has 0 atom stereocenters. The second kappa shape index (κ2) is 3.10. The molecule has 0 aliphatic heterocycles. The minimum Gasteiger partial charge on any atom is -0.334 e. The summed E-state index contributed by atoms with van der Waals surface area (Å²) in [5, 5.41) is 10.3. The zero-order valence-corrected chi connectivity index (χ0v) is 7.67. The predicted octanol–water partition coefficient (Wildman–Crippen LogP) is 1.35. The number of aryl methyl sites for hydroxylation is 1. The molecule has 1 aromatic carbocycles. The van der Waals surface area contributed by atoms with E-state index in [1.165, 1.54) is 0 Å². The van der Waals surface area contributed by atoms with Crippen LogP contribution in [0, 0.1) is 10.1 Å². The Hall–Kier alpha value is -1.91. The van der Waals surface area contributed by atoms with Gasteiger partial charge in [-0.3, -0.25) is 10.1 Å². The van der Waals surface area contributed by atoms with Crippen molar-refractivity contribution in [3.63, 3.8) is 0 Å². The van der Waals surface area contributed by atoms with Crippen LogP contribution >= 0.6 is 0 Å². The van der Waals surface area contributed by atoms with Gasteiger partial charge in [0.1, 0.15) is 0 Å². The molecule has 0 bridgehead atoms. The number of benzene rings is 1. The molecule has 14 heavy (non-hydrogen) atoms. The van der Waals surface area contributed by atoms with Crippen molar-refractivity contribution in [1.82, 2.24) is 9.55 Å². The summed E-state index contributed by atoms with van der Waals surface area (Å²) in [6.07, 6.45) is 1.70. The van der Waals surface area contributed by atoms with Crippen molar-refractivity contribution in [1.29, 1.82) is 0 Å². The monoisotopic (exact) mass is 191 g/mol. The maximum absolute atomic E-state index is 10.3. The lowest BCUT2D eigenvalue weighted by Gasteiger charge is -1.96. The molecule has 0 saturated heterocycles. The molecule has 5 nitrogen and oxygen atoms in total. The Morgan fingerprint density at radius 1 is 1.57 bits per heavy atom. The molecule has 0 radical (unpaired) electrons. The summed E-state index contributed by atoms with van der Waals surface area (Å²) in [4.78, 5) is 14.1. The summed E-state index contributed by atoms with van der Waals surface area (Å²) in [6.45, 7) is -0.146. The van der Waals surface area contributed by atoms with Gasteiger partial charge < -0.3 is 4.57 Å². The Morgan fingerprint density at radius 3 is 3.07 bits per heavy atom. The normalized spacial score (nSPS) is 10.6. The highest BCUT2D eigenvalue weighted by Gasteiger charge is 2.04. The highest BCUT2D eigenvalue weighted by molar-refractivity contribution is 5.75. The van der Waals surface area contributed by atoms with Gasteiger partial charge in [-0.1, -0.05) is 6.07 Å². The lowest BCUT2D eigenvalue weighted by Crippen LogP contribution is -1.97. The number of nitrogens with zero attached hydrogens (tertiary/aromatic N) is 3. The van der Waals surface area contributed by atoms with Gasteiger partial charge in [0.25, 0.3) is 0 Å². The molecule has 72 valence electrons. The van der Waals surface area contributed by atoms with Crippen molar-refractivity contribution in [2.45, 2.75) is 6.54 Å². The van der Waals surface area contributed by atoms with Gasteiger partial charge in [-0.15, -0.1) is 0 Å². The summed E-state index contributed by atoms with van der Waals surface area (Å²) < 4.78 is 1.88. The second-order valence-electron chi connectivity index (χ2n) is 3.17. The minimum absolute atomic E-state index is 0.146. The summed E-state index contributed by atoms with van der Waals surface area (Å²) >= 11 is 0. The van der Waals surface area contributed by atoms with Crippen LogP contribution < -0.4 is 0 Å². The molecule has 0 spiro atoms. The number of nitro groups is 1. The fourth-order valence-electron chi connectivity index (χ4n) is 1.43. The number of imidazole rings is 1. The van der Waals surface area contributed by atoms with E-state index in [4.69, 9.17) is 0 Å². The first-order valence-electron chi connectivity index (χ1n) is 4.18. The zero-order valence-electron chi connectivity index (χ0n) is 7.67.